The van der Waals surface area contributed by atoms with Crippen molar-refractivity contribution in [3.05, 3.63) is 76.7 Å². The molecule has 0 aliphatic rings. The van der Waals surface area contributed by atoms with E-state index < -0.39 is 11.9 Å². The van der Waals surface area contributed by atoms with Crippen molar-refractivity contribution in [1.82, 2.24) is 10.3 Å². The number of hydrogen-bond acceptors (Lipinski definition) is 7. The molecule has 1 heterocycles. The number of nitrogens with one attached hydrogen (secondary N) is 1. The highest BCUT2D eigenvalue weighted by Crippen LogP contribution is 2.35. The summed E-state index contributed by atoms with van der Waals surface area (Å²) in [7, 11) is 0. The average Bonchev–Trinajstić information content (AvgIpc) is 3.29. The molecule has 2 aromatic carbocycles. The number of oxazole rings is 1. The number of phenolic OH excluding ortho intramolecular Hbond substituents is 1. The van der Waals surface area contributed by atoms with Gasteiger partial charge in [0.1, 0.15) is 17.3 Å². The molecule has 0 unspecified atom stereocenters. The van der Waals surface area contributed by atoms with Gasteiger partial charge in [-0.15, -0.1) is 0 Å². The minimum atomic E-state index is -1.26. The van der Waals surface area contributed by atoms with Gasteiger partial charge in [-0.2, -0.15) is 0 Å². The summed E-state index contributed by atoms with van der Waals surface area (Å²) < 4.78 is 12.0. The molecule has 0 fully saturated rings. The maximum absolute atomic E-state index is 10.8. The summed E-state index contributed by atoms with van der Waals surface area (Å²) in [6, 6.07) is 12.2. The molecule has 0 saturated carbocycles. The van der Waals surface area contributed by atoms with E-state index in [1.807, 2.05) is 31.2 Å². The Labute approximate surface area is 248 Å². The second kappa shape index (κ2) is 16.4. The Hall–Kier alpha value is -4.11. The summed E-state index contributed by atoms with van der Waals surface area (Å²) in [5.74, 6) is 0.166. The fourth-order valence-corrected chi connectivity index (χ4v) is 4.21. The predicted octanol–water partition coefficient (Wildman–Crippen LogP) is 6.34. The Balaban J connectivity index is 0.000000675. The normalized spacial score (nSPS) is 11.3. The lowest BCUT2D eigenvalue weighted by atomic mass is 9.86. The van der Waals surface area contributed by atoms with Crippen molar-refractivity contribution >= 4 is 11.9 Å². The summed E-state index contributed by atoms with van der Waals surface area (Å²) in [6.07, 6.45) is 4.37. The third-order valence-corrected chi connectivity index (χ3v) is 6.13. The maximum Gasteiger partial charge on any atom is 0.328 e. The number of rotatable bonds is 13. The zero-order chi connectivity index (χ0) is 31.3. The minimum absolute atomic E-state index is 0.0688. The van der Waals surface area contributed by atoms with Gasteiger partial charge in [-0.1, -0.05) is 53.2 Å². The number of nitrogens with zero attached hydrogens (tertiary/aromatic N) is 1. The smallest absolute Gasteiger partial charge is 0.328 e. The average molecular weight is 581 g/mol. The van der Waals surface area contributed by atoms with Crippen molar-refractivity contribution < 1.29 is 34.1 Å². The molecule has 0 radical (unpaired) electrons. The SMILES string of the molecule is CCCc1cc(-c2nc(CCOc3ccc(CNCC)cc3)c(C)o2)cc(CC(C)(C)C)c1O.O=C(O)/C=C\C(=O)O. The zero-order valence-electron chi connectivity index (χ0n) is 25.5. The zero-order valence-corrected chi connectivity index (χ0v) is 25.5. The van der Waals surface area contributed by atoms with Gasteiger partial charge >= 0.3 is 11.9 Å². The molecule has 9 heteroatoms. The first-order valence-corrected chi connectivity index (χ1v) is 14.2. The van der Waals surface area contributed by atoms with Crippen molar-refractivity contribution in [2.45, 2.75) is 73.8 Å². The Morgan fingerprint density at radius 3 is 2.17 bits per heavy atom. The van der Waals surface area contributed by atoms with Gasteiger partial charge in [-0.25, -0.2) is 14.6 Å². The molecule has 4 N–H and O–H groups in total. The Morgan fingerprint density at radius 1 is 1.00 bits per heavy atom. The largest absolute Gasteiger partial charge is 0.507 e. The number of carbonyl (C=O) groups is 2. The van der Waals surface area contributed by atoms with Gasteiger partial charge in [0.05, 0.1) is 12.3 Å². The lowest BCUT2D eigenvalue weighted by molar-refractivity contribution is -0.134. The molecule has 228 valence electrons. The fraction of sp³-hybridized carbons (Fsp3) is 0.424. The van der Waals surface area contributed by atoms with E-state index in [1.54, 1.807) is 0 Å². The Kier molecular flexibility index (Phi) is 13.3. The first kappa shape index (κ1) is 34.1. The molecule has 0 spiro atoms. The van der Waals surface area contributed by atoms with Crippen LogP contribution in [0.5, 0.6) is 11.5 Å². The standard InChI is InChI=1S/C29H40N2O3.C4H4O4/c1-7-9-22-16-23(17-24(27(22)32)18-29(4,5)6)28-31-26(20(3)34-28)14-15-33-25-12-10-21(11-13-25)19-30-8-2;5-3(6)1-2-4(7)8/h10-13,16-17,30,32H,7-9,14-15,18-19H2,1-6H3;1-2H,(H,5,6)(H,7,8)/b;2-1-. The quantitative estimate of drug-likeness (QED) is 0.170. The van der Waals surface area contributed by atoms with E-state index in [0.29, 0.717) is 36.8 Å². The number of aliphatic carboxylic acids is 2. The number of carboxylic acids is 2. The summed E-state index contributed by atoms with van der Waals surface area (Å²) in [6.45, 7) is 15.1. The van der Waals surface area contributed by atoms with Crippen LogP contribution in [0.3, 0.4) is 0 Å². The first-order chi connectivity index (χ1) is 19.8. The number of aromatic nitrogens is 1. The monoisotopic (exact) mass is 580 g/mol. The number of benzene rings is 2. The highest BCUT2D eigenvalue weighted by atomic mass is 16.5. The summed E-state index contributed by atoms with van der Waals surface area (Å²) >= 11 is 0. The van der Waals surface area contributed by atoms with E-state index in [4.69, 9.17) is 24.4 Å². The molecular weight excluding hydrogens is 536 g/mol. The maximum atomic E-state index is 10.8. The summed E-state index contributed by atoms with van der Waals surface area (Å²) in [5, 5.41) is 29.8. The van der Waals surface area contributed by atoms with Crippen molar-refractivity contribution in [3.63, 3.8) is 0 Å². The molecule has 0 aliphatic carbocycles. The second-order valence-electron chi connectivity index (χ2n) is 11.2. The van der Waals surface area contributed by atoms with Crippen LogP contribution < -0.4 is 10.1 Å². The van der Waals surface area contributed by atoms with E-state index in [-0.39, 0.29) is 5.41 Å². The number of hydrogen-bond donors (Lipinski definition) is 4. The molecule has 0 bridgehead atoms. The van der Waals surface area contributed by atoms with E-state index in [1.165, 1.54) is 5.56 Å². The number of aryl methyl sites for hydroxylation is 2. The topological polar surface area (TPSA) is 142 Å². The van der Waals surface area contributed by atoms with Crippen LogP contribution in [0.4, 0.5) is 0 Å². The van der Waals surface area contributed by atoms with E-state index >= 15 is 0 Å². The molecule has 0 atom stereocenters. The molecule has 42 heavy (non-hydrogen) atoms. The van der Waals surface area contributed by atoms with Crippen LogP contribution >= 0.6 is 0 Å². The molecule has 9 nitrogen and oxygen atoms in total. The number of ether oxygens (including phenoxy) is 1. The molecular formula is C33H44N2O7. The molecule has 1 aromatic heterocycles. The van der Waals surface area contributed by atoms with E-state index in [0.717, 1.165) is 66.2 Å². The van der Waals surface area contributed by atoms with E-state index in [2.05, 4.69) is 52.1 Å². The van der Waals surface area contributed by atoms with Crippen molar-refractivity contribution in [2.75, 3.05) is 13.2 Å². The lowest BCUT2D eigenvalue weighted by Crippen LogP contribution is -2.11. The van der Waals surface area contributed by atoms with Crippen molar-refractivity contribution in [2.24, 2.45) is 5.41 Å². The fourth-order valence-electron chi connectivity index (χ4n) is 4.21. The van der Waals surface area contributed by atoms with Gasteiger partial charge in [-0.3, -0.25) is 0 Å². The molecule has 3 rings (SSSR count). The third kappa shape index (κ3) is 11.8. The predicted molar refractivity (Wildman–Crippen MR) is 163 cm³/mol. The minimum Gasteiger partial charge on any atom is -0.507 e. The number of aromatic hydroxyl groups is 1. The first-order valence-electron chi connectivity index (χ1n) is 14.2. The van der Waals surface area contributed by atoms with Gasteiger partial charge in [0.15, 0.2) is 0 Å². The van der Waals surface area contributed by atoms with Crippen LogP contribution in [-0.4, -0.2) is 45.4 Å². The van der Waals surface area contributed by atoms with Crippen LogP contribution in [0.15, 0.2) is 53.0 Å². The van der Waals surface area contributed by atoms with Crippen LogP contribution in [0.25, 0.3) is 11.5 Å². The second-order valence-corrected chi connectivity index (χ2v) is 11.2. The molecule has 3 aromatic rings. The molecule has 0 aliphatic heterocycles. The van der Waals surface area contributed by atoms with Crippen molar-refractivity contribution in [3.8, 4) is 23.0 Å². The molecule has 0 amide bonds. The van der Waals surface area contributed by atoms with Crippen LogP contribution in [0.2, 0.25) is 0 Å². The highest BCUT2D eigenvalue weighted by molar-refractivity contribution is 5.89. The Morgan fingerprint density at radius 2 is 1.62 bits per heavy atom. The van der Waals surface area contributed by atoms with Gasteiger partial charge < -0.3 is 29.8 Å². The van der Waals surface area contributed by atoms with Crippen LogP contribution in [0, 0.1) is 12.3 Å². The van der Waals surface area contributed by atoms with Gasteiger partial charge in [0.2, 0.25) is 5.89 Å². The summed E-state index contributed by atoms with van der Waals surface area (Å²) in [5.41, 5.74) is 5.05. The van der Waals surface area contributed by atoms with Gasteiger partial charge in [0.25, 0.3) is 0 Å². The van der Waals surface area contributed by atoms with E-state index in [9.17, 15) is 14.7 Å². The van der Waals surface area contributed by atoms with Gasteiger partial charge in [0, 0.05) is 30.7 Å². The lowest BCUT2D eigenvalue weighted by Gasteiger charge is -2.20. The van der Waals surface area contributed by atoms with Gasteiger partial charge in [-0.05, 0) is 72.7 Å². The Bertz CT molecular complexity index is 1320. The van der Waals surface area contributed by atoms with Crippen molar-refractivity contribution in [1.29, 1.82) is 0 Å². The third-order valence-electron chi connectivity index (χ3n) is 6.13. The number of carboxylic acid groups (broad SMARTS) is 2. The summed E-state index contributed by atoms with van der Waals surface area (Å²) in [4.78, 5) is 23.9. The van der Waals surface area contributed by atoms with Crippen LogP contribution in [0.1, 0.15) is 69.2 Å². The highest BCUT2D eigenvalue weighted by Gasteiger charge is 2.20. The molecule has 0 saturated heterocycles. The number of phenols is 1. The van der Waals surface area contributed by atoms with Crippen LogP contribution in [-0.2, 0) is 35.4 Å².